The number of anilines is 1. The van der Waals surface area contributed by atoms with E-state index in [1.807, 2.05) is 37.3 Å². The number of nitrogens with zero attached hydrogens (tertiary/aromatic N) is 1. The maximum absolute atomic E-state index is 13.3. The zero-order valence-corrected chi connectivity index (χ0v) is 10.0. The maximum Gasteiger partial charge on any atom is 0.168 e. The number of hydrogen-bond donors (Lipinski definition) is 1. The number of benzene rings is 1. The van der Waals surface area contributed by atoms with Crippen LogP contribution in [0, 0.1) is 11.6 Å². The molecule has 0 bridgehead atoms. The molecule has 2 aromatic rings. The number of hydrogen-bond acceptors (Lipinski definition) is 2. The molecule has 2 nitrogen and oxygen atoms in total. The highest BCUT2D eigenvalue weighted by Crippen LogP contribution is 2.17. The van der Waals surface area contributed by atoms with Crippen LogP contribution in [0.25, 0.3) is 0 Å². The van der Waals surface area contributed by atoms with Crippen LogP contribution in [-0.2, 0) is 0 Å². The fourth-order valence-corrected chi connectivity index (χ4v) is 1.69. The Morgan fingerprint density at radius 3 is 2.61 bits per heavy atom. The molecular formula is C14H14F2N2. The number of nitrogens with one attached hydrogen (secondary N) is 1. The van der Waals surface area contributed by atoms with Crippen molar-refractivity contribution in [2.75, 3.05) is 11.9 Å². The molecule has 0 aliphatic rings. The molecule has 2 rings (SSSR count). The topological polar surface area (TPSA) is 24.9 Å². The highest BCUT2D eigenvalue weighted by atomic mass is 19.1. The Morgan fingerprint density at radius 1 is 1.22 bits per heavy atom. The molecule has 1 aromatic heterocycles. The molecule has 1 aromatic carbocycles. The molecule has 1 unspecified atom stereocenters. The van der Waals surface area contributed by atoms with Gasteiger partial charge < -0.3 is 5.32 Å². The van der Waals surface area contributed by atoms with E-state index in [4.69, 9.17) is 0 Å². The minimum Gasteiger partial charge on any atom is -0.367 e. The zero-order valence-electron chi connectivity index (χ0n) is 10.0. The quantitative estimate of drug-likeness (QED) is 0.894. The Kier molecular flexibility index (Phi) is 3.87. The Balaban J connectivity index is 1.99. The van der Waals surface area contributed by atoms with Gasteiger partial charge in [-0.2, -0.15) is 0 Å². The summed E-state index contributed by atoms with van der Waals surface area (Å²) in [4.78, 5) is 3.68. The molecule has 0 aliphatic heterocycles. The fraction of sp³-hybridized carbons (Fsp3) is 0.214. The first-order valence-electron chi connectivity index (χ1n) is 5.76. The van der Waals surface area contributed by atoms with Crippen molar-refractivity contribution in [3.8, 4) is 0 Å². The SMILES string of the molecule is CC(CNc1ncc(F)cc1F)c1ccccc1. The van der Waals surface area contributed by atoms with Gasteiger partial charge in [0, 0.05) is 12.6 Å². The number of rotatable bonds is 4. The van der Waals surface area contributed by atoms with E-state index in [-0.39, 0.29) is 11.7 Å². The fourth-order valence-electron chi connectivity index (χ4n) is 1.69. The summed E-state index contributed by atoms with van der Waals surface area (Å²) >= 11 is 0. The van der Waals surface area contributed by atoms with Crippen LogP contribution in [0.2, 0.25) is 0 Å². The molecule has 4 heteroatoms. The van der Waals surface area contributed by atoms with Crippen molar-refractivity contribution in [3.05, 3.63) is 59.8 Å². The summed E-state index contributed by atoms with van der Waals surface area (Å²) in [6.07, 6.45) is 0.999. The largest absolute Gasteiger partial charge is 0.367 e. The van der Waals surface area contributed by atoms with Gasteiger partial charge in [0.25, 0.3) is 0 Å². The van der Waals surface area contributed by atoms with E-state index in [0.29, 0.717) is 6.54 Å². The van der Waals surface area contributed by atoms with Crippen molar-refractivity contribution in [2.45, 2.75) is 12.8 Å². The van der Waals surface area contributed by atoms with Gasteiger partial charge in [0.15, 0.2) is 11.6 Å². The van der Waals surface area contributed by atoms with Crippen LogP contribution in [0.5, 0.6) is 0 Å². The van der Waals surface area contributed by atoms with Crippen molar-refractivity contribution in [2.24, 2.45) is 0 Å². The van der Waals surface area contributed by atoms with Crippen molar-refractivity contribution >= 4 is 5.82 Å². The Morgan fingerprint density at radius 2 is 1.94 bits per heavy atom. The van der Waals surface area contributed by atoms with Crippen LogP contribution in [-0.4, -0.2) is 11.5 Å². The van der Waals surface area contributed by atoms with Crippen LogP contribution in [0.1, 0.15) is 18.4 Å². The van der Waals surface area contributed by atoms with Gasteiger partial charge in [-0.25, -0.2) is 13.8 Å². The summed E-state index contributed by atoms with van der Waals surface area (Å²) in [5.74, 6) is -1.04. The minimum absolute atomic E-state index is 0.0826. The molecule has 1 atom stereocenters. The Hall–Kier alpha value is -1.97. The maximum atomic E-state index is 13.3. The third kappa shape index (κ3) is 3.03. The standard InChI is InChI=1S/C14H14F2N2/c1-10(11-5-3-2-4-6-11)8-17-14-13(16)7-12(15)9-18-14/h2-7,9-10H,8H2,1H3,(H,17,18). The molecule has 1 N–H and O–H groups in total. The number of pyridine rings is 1. The first-order valence-corrected chi connectivity index (χ1v) is 5.76. The minimum atomic E-state index is -0.672. The highest BCUT2D eigenvalue weighted by Gasteiger charge is 2.08. The van der Waals surface area contributed by atoms with Gasteiger partial charge in [-0.3, -0.25) is 0 Å². The smallest absolute Gasteiger partial charge is 0.168 e. The van der Waals surface area contributed by atoms with Gasteiger partial charge >= 0.3 is 0 Å². The number of halogens is 2. The van der Waals surface area contributed by atoms with Crippen LogP contribution < -0.4 is 5.32 Å². The van der Waals surface area contributed by atoms with E-state index in [0.717, 1.165) is 17.8 Å². The van der Waals surface area contributed by atoms with Crippen LogP contribution in [0.4, 0.5) is 14.6 Å². The molecule has 1 heterocycles. The summed E-state index contributed by atoms with van der Waals surface area (Å²) in [5.41, 5.74) is 1.16. The van der Waals surface area contributed by atoms with Crippen molar-refractivity contribution < 1.29 is 8.78 Å². The van der Waals surface area contributed by atoms with Gasteiger partial charge in [-0.05, 0) is 11.5 Å². The second-order valence-corrected chi connectivity index (χ2v) is 4.18. The summed E-state index contributed by atoms with van der Waals surface area (Å²) in [6.45, 7) is 2.57. The molecule has 0 fully saturated rings. The second-order valence-electron chi connectivity index (χ2n) is 4.18. The normalized spacial score (nSPS) is 12.2. The van der Waals surface area contributed by atoms with Crippen LogP contribution in [0.15, 0.2) is 42.6 Å². The first-order chi connectivity index (χ1) is 8.66. The predicted octanol–water partition coefficient (Wildman–Crippen LogP) is 3.58. The lowest BCUT2D eigenvalue weighted by Gasteiger charge is -2.13. The molecule has 0 saturated carbocycles. The first kappa shape index (κ1) is 12.5. The lowest BCUT2D eigenvalue weighted by atomic mass is 10.0. The van der Waals surface area contributed by atoms with E-state index >= 15 is 0 Å². The molecule has 0 amide bonds. The molecule has 0 spiro atoms. The Labute approximate surface area is 105 Å². The van der Waals surface area contributed by atoms with Crippen LogP contribution >= 0.6 is 0 Å². The van der Waals surface area contributed by atoms with Gasteiger partial charge in [0.1, 0.15) is 5.82 Å². The van der Waals surface area contributed by atoms with Crippen molar-refractivity contribution in [1.29, 1.82) is 0 Å². The predicted molar refractivity (Wildman–Crippen MR) is 67.5 cm³/mol. The van der Waals surface area contributed by atoms with Crippen LogP contribution in [0.3, 0.4) is 0 Å². The third-order valence-corrected chi connectivity index (χ3v) is 2.75. The monoisotopic (exact) mass is 248 g/mol. The van der Waals surface area contributed by atoms with Crippen molar-refractivity contribution in [1.82, 2.24) is 4.98 Å². The molecule has 0 radical (unpaired) electrons. The van der Waals surface area contributed by atoms with Gasteiger partial charge in [0.2, 0.25) is 0 Å². The van der Waals surface area contributed by atoms with E-state index in [9.17, 15) is 8.78 Å². The zero-order chi connectivity index (χ0) is 13.0. The van der Waals surface area contributed by atoms with Gasteiger partial charge in [-0.15, -0.1) is 0 Å². The van der Waals surface area contributed by atoms with Gasteiger partial charge in [0.05, 0.1) is 6.20 Å². The summed E-state index contributed by atoms with van der Waals surface area (Å²) in [5, 5.41) is 2.89. The average molecular weight is 248 g/mol. The lowest BCUT2D eigenvalue weighted by molar-refractivity contribution is 0.575. The highest BCUT2D eigenvalue weighted by molar-refractivity contribution is 5.36. The summed E-state index contributed by atoms with van der Waals surface area (Å²) in [7, 11) is 0. The molecule has 18 heavy (non-hydrogen) atoms. The van der Waals surface area contributed by atoms with E-state index in [2.05, 4.69) is 10.3 Å². The lowest BCUT2D eigenvalue weighted by Crippen LogP contribution is -2.12. The van der Waals surface area contributed by atoms with E-state index in [1.165, 1.54) is 0 Å². The summed E-state index contributed by atoms with van der Waals surface area (Å²) in [6, 6.07) is 10.7. The van der Waals surface area contributed by atoms with Gasteiger partial charge in [-0.1, -0.05) is 37.3 Å². The third-order valence-electron chi connectivity index (χ3n) is 2.75. The Bertz CT molecular complexity index is 514. The van der Waals surface area contributed by atoms with E-state index in [1.54, 1.807) is 0 Å². The molecule has 0 saturated heterocycles. The average Bonchev–Trinajstić information content (AvgIpc) is 2.38. The number of aromatic nitrogens is 1. The molecular weight excluding hydrogens is 234 g/mol. The van der Waals surface area contributed by atoms with E-state index < -0.39 is 11.6 Å². The second kappa shape index (κ2) is 5.58. The van der Waals surface area contributed by atoms with Crippen molar-refractivity contribution in [3.63, 3.8) is 0 Å². The molecule has 94 valence electrons. The summed E-state index contributed by atoms with van der Waals surface area (Å²) < 4.78 is 26.0. The molecule has 0 aliphatic carbocycles.